The summed E-state index contributed by atoms with van der Waals surface area (Å²) in [6, 6.07) is 15.7. The molecule has 2 aromatic carbocycles. The fourth-order valence-electron chi connectivity index (χ4n) is 4.88. The highest BCUT2D eigenvalue weighted by Gasteiger charge is 2.30. The topological polar surface area (TPSA) is 95.9 Å². The predicted octanol–water partition coefficient (Wildman–Crippen LogP) is 5.59. The fraction of sp³-hybridized carbons (Fsp3) is 0.226. The molecule has 1 aliphatic heterocycles. The molecule has 0 atom stereocenters. The van der Waals surface area contributed by atoms with Crippen LogP contribution in [0.2, 0.25) is 0 Å². The average Bonchev–Trinajstić information content (AvgIpc) is 3.03. The Balaban J connectivity index is 1.30. The van der Waals surface area contributed by atoms with Gasteiger partial charge < -0.3 is 19.6 Å². The molecule has 40 heavy (non-hydrogen) atoms. The van der Waals surface area contributed by atoms with E-state index in [1.54, 1.807) is 36.5 Å². The minimum atomic E-state index is -1.08. The number of halogens is 1. The molecule has 3 heterocycles. The molecule has 0 unspecified atom stereocenters. The predicted molar refractivity (Wildman–Crippen MR) is 151 cm³/mol. The van der Waals surface area contributed by atoms with E-state index in [9.17, 15) is 14.0 Å². The lowest BCUT2D eigenvalue weighted by Crippen LogP contribution is -2.25. The Kier molecular flexibility index (Phi) is 7.46. The number of aromatic nitrogens is 2. The zero-order valence-electron chi connectivity index (χ0n) is 22.5. The van der Waals surface area contributed by atoms with E-state index >= 15 is 0 Å². The number of rotatable bonds is 8. The van der Waals surface area contributed by atoms with Gasteiger partial charge in [0.2, 0.25) is 0 Å². The summed E-state index contributed by atoms with van der Waals surface area (Å²) in [5.41, 5.74) is 4.73. The van der Waals surface area contributed by atoms with Crippen LogP contribution in [0.25, 0.3) is 11.1 Å². The average molecular weight is 541 g/mol. The number of anilines is 3. The summed E-state index contributed by atoms with van der Waals surface area (Å²) >= 11 is 0. The molecule has 5 rings (SSSR count). The molecule has 204 valence electrons. The number of pyridine rings is 2. The second-order valence-electron chi connectivity index (χ2n) is 9.62. The molecule has 4 aromatic rings. The van der Waals surface area contributed by atoms with Crippen molar-refractivity contribution >= 4 is 29.2 Å². The van der Waals surface area contributed by atoms with Crippen LogP contribution >= 0.6 is 0 Å². The lowest BCUT2D eigenvalue weighted by Gasteiger charge is -2.22. The molecule has 2 aromatic heterocycles. The van der Waals surface area contributed by atoms with E-state index in [1.165, 1.54) is 6.07 Å². The van der Waals surface area contributed by atoms with Crippen LogP contribution in [0.1, 0.15) is 34.0 Å². The number of hydrogen-bond acceptors (Lipinski definition) is 6. The Morgan fingerprint density at radius 1 is 1.05 bits per heavy atom. The van der Waals surface area contributed by atoms with Crippen LogP contribution in [0.4, 0.5) is 21.7 Å². The molecule has 0 spiro atoms. The van der Waals surface area contributed by atoms with Crippen molar-refractivity contribution in [1.29, 1.82) is 0 Å². The number of carbonyl (C=O) groups is 2. The van der Waals surface area contributed by atoms with E-state index in [2.05, 4.69) is 9.97 Å². The highest BCUT2D eigenvalue weighted by Crippen LogP contribution is 2.37. The third-order valence-corrected chi connectivity index (χ3v) is 6.96. The van der Waals surface area contributed by atoms with Gasteiger partial charge in [0.25, 0.3) is 5.91 Å². The van der Waals surface area contributed by atoms with Crippen molar-refractivity contribution in [3.05, 3.63) is 95.1 Å². The Morgan fingerprint density at radius 3 is 2.58 bits per heavy atom. The van der Waals surface area contributed by atoms with Gasteiger partial charge in [0.1, 0.15) is 17.4 Å². The lowest BCUT2D eigenvalue weighted by atomic mass is 9.99. The van der Waals surface area contributed by atoms with Gasteiger partial charge in [-0.2, -0.15) is 0 Å². The first-order chi connectivity index (χ1) is 19.3. The number of benzene rings is 2. The summed E-state index contributed by atoms with van der Waals surface area (Å²) in [6.45, 7) is 4.91. The van der Waals surface area contributed by atoms with E-state index in [1.807, 2.05) is 55.1 Å². The maximum Gasteiger partial charge on any atom is 0.307 e. The first-order valence-corrected chi connectivity index (χ1v) is 13.0. The van der Waals surface area contributed by atoms with E-state index in [0.29, 0.717) is 42.5 Å². The highest BCUT2D eigenvalue weighted by atomic mass is 19.1. The van der Waals surface area contributed by atoms with Crippen LogP contribution in [0, 0.1) is 12.7 Å². The molecule has 0 aliphatic carbocycles. The first kappa shape index (κ1) is 26.8. The Morgan fingerprint density at radius 2 is 1.82 bits per heavy atom. The maximum atomic E-state index is 14.0. The van der Waals surface area contributed by atoms with E-state index in [0.717, 1.165) is 27.9 Å². The molecule has 0 fully saturated rings. The van der Waals surface area contributed by atoms with Crippen LogP contribution in [0.5, 0.6) is 5.75 Å². The van der Waals surface area contributed by atoms with E-state index in [4.69, 9.17) is 9.84 Å². The largest absolute Gasteiger partial charge is 0.493 e. The number of ether oxygens (including phenoxy) is 1. The number of nitrogens with zero attached hydrogens (tertiary/aromatic N) is 4. The van der Waals surface area contributed by atoms with Gasteiger partial charge in [-0.05, 0) is 84.1 Å². The summed E-state index contributed by atoms with van der Waals surface area (Å²) in [6.07, 6.45) is 3.65. The van der Waals surface area contributed by atoms with Gasteiger partial charge in [0.15, 0.2) is 5.82 Å². The van der Waals surface area contributed by atoms with Crippen LogP contribution in [-0.4, -0.2) is 47.2 Å². The molecule has 1 aliphatic rings. The molecule has 9 heteroatoms. The van der Waals surface area contributed by atoms with Crippen LogP contribution in [0.3, 0.4) is 0 Å². The van der Waals surface area contributed by atoms with E-state index < -0.39 is 11.8 Å². The normalized spacial score (nSPS) is 12.6. The molecule has 0 saturated heterocycles. The number of aryl methyl sites for hydroxylation is 1. The minimum absolute atomic E-state index is 0.143. The molecule has 8 nitrogen and oxygen atoms in total. The van der Waals surface area contributed by atoms with Crippen molar-refractivity contribution in [2.45, 2.75) is 26.7 Å². The Hall–Kier alpha value is -4.79. The Labute approximate surface area is 231 Å². The molecule has 0 bridgehead atoms. The highest BCUT2D eigenvalue weighted by molar-refractivity contribution is 6.12. The van der Waals surface area contributed by atoms with Gasteiger partial charge in [0, 0.05) is 32.4 Å². The molecule has 1 N–H and O–H groups in total. The molecular weight excluding hydrogens is 511 g/mol. The summed E-state index contributed by atoms with van der Waals surface area (Å²) in [5.74, 6) is 0.220. The zero-order valence-corrected chi connectivity index (χ0v) is 22.5. The lowest BCUT2D eigenvalue weighted by molar-refractivity contribution is -0.136. The van der Waals surface area contributed by atoms with Crippen molar-refractivity contribution in [2.75, 3.05) is 30.0 Å². The third-order valence-electron chi connectivity index (χ3n) is 6.96. The number of carboxylic acid groups (broad SMARTS) is 1. The van der Waals surface area contributed by atoms with E-state index in [-0.39, 0.29) is 17.9 Å². The van der Waals surface area contributed by atoms with Crippen LogP contribution in [-0.2, 0) is 17.6 Å². The first-order valence-electron chi connectivity index (χ1n) is 13.0. The van der Waals surface area contributed by atoms with Crippen LogP contribution in [0.15, 0.2) is 67.0 Å². The minimum Gasteiger partial charge on any atom is -0.493 e. The smallest absolute Gasteiger partial charge is 0.307 e. The quantitative estimate of drug-likeness (QED) is 0.311. The van der Waals surface area contributed by atoms with Crippen molar-refractivity contribution in [2.24, 2.45) is 0 Å². The van der Waals surface area contributed by atoms with Gasteiger partial charge in [-0.1, -0.05) is 12.1 Å². The van der Waals surface area contributed by atoms with Crippen molar-refractivity contribution in [3.63, 3.8) is 0 Å². The number of carbonyl (C=O) groups excluding carboxylic acids is 1. The summed E-state index contributed by atoms with van der Waals surface area (Å²) < 4.78 is 20.1. The fourth-order valence-corrected chi connectivity index (χ4v) is 4.88. The number of carboxylic acids is 1. The Bertz CT molecular complexity index is 1610. The summed E-state index contributed by atoms with van der Waals surface area (Å²) in [4.78, 5) is 37.1. The molecule has 1 amide bonds. The van der Waals surface area contributed by atoms with Crippen molar-refractivity contribution in [3.8, 4) is 16.9 Å². The number of amides is 1. The van der Waals surface area contributed by atoms with Gasteiger partial charge in [-0.3, -0.25) is 9.59 Å². The second kappa shape index (κ2) is 11.1. The molecule has 0 saturated carbocycles. The second-order valence-corrected chi connectivity index (χ2v) is 9.62. The van der Waals surface area contributed by atoms with Crippen molar-refractivity contribution < 1.29 is 23.8 Å². The summed E-state index contributed by atoms with van der Waals surface area (Å²) in [7, 11) is 1.74. The number of aliphatic carboxylic acids is 1. The monoisotopic (exact) mass is 540 g/mol. The molecule has 0 radical (unpaired) electrons. The number of hydrogen-bond donors (Lipinski definition) is 1. The van der Waals surface area contributed by atoms with Gasteiger partial charge in [-0.25, -0.2) is 14.4 Å². The SMILES string of the molecule is CCN1c2ncc(CCOc3ccc(-c4ccc(F)c(CC(=O)O)c4)cc3C)cc2C(=O)N(C)c2cccnc21. The standard InChI is InChI=1S/C31H29FN4O4/c1-4-36-29-24(31(39)35(3)26-6-5-12-33-30(26)36)15-20(18-34-29)11-13-40-27-10-8-21(14-19(27)2)22-7-9-25(32)23(16-22)17-28(37)38/h5-10,12,14-16,18H,4,11,13,17H2,1-3H3,(H,37,38). The third kappa shape index (κ3) is 5.22. The van der Waals surface area contributed by atoms with Gasteiger partial charge in [-0.15, -0.1) is 0 Å². The zero-order chi connectivity index (χ0) is 28.4. The van der Waals surface area contributed by atoms with Crippen LogP contribution < -0.4 is 14.5 Å². The van der Waals surface area contributed by atoms with Crippen molar-refractivity contribution in [1.82, 2.24) is 9.97 Å². The van der Waals surface area contributed by atoms with Gasteiger partial charge >= 0.3 is 5.97 Å². The van der Waals surface area contributed by atoms with Gasteiger partial charge in [0.05, 0.1) is 24.3 Å². The molecular formula is C31H29FN4O4. The number of fused-ring (bicyclic) bond motifs is 2. The summed E-state index contributed by atoms with van der Waals surface area (Å²) in [5, 5.41) is 9.04. The maximum absolute atomic E-state index is 14.0.